The van der Waals surface area contributed by atoms with Crippen LogP contribution in [0.5, 0.6) is 0 Å². The van der Waals surface area contributed by atoms with Crippen LogP contribution >= 0.6 is 0 Å². The summed E-state index contributed by atoms with van der Waals surface area (Å²) in [5.41, 5.74) is 0.0106. The zero-order chi connectivity index (χ0) is 9.31. The van der Waals surface area contributed by atoms with Gasteiger partial charge in [0, 0.05) is 31.7 Å². The standard InChI is InChI=1S/C8H15N3O2/c12-7(13)11-4-3-10-8(6-11)1-2-9-5-8/h9-10H,1-6H2,(H,12,13). The normalized spacial score (nSPS) is 34.0. The lowest BCUT2D eigenvalue weighted by Crippen LogP contribution is -2.62. The summed E-state index contributed by atoms with van der Waals surface area (Å²) in [6.45, 7) is 3.87. The highest BCUT2D eigenvalue weighted by atomic mass is 16.4. The third-order valence-electron chi connectivity index (χ3n) is 2.89. The second-order valence-corrected chi connectivity index (χ2v) is 3.84. The summed E-state index contributed by atoms with van der Waals surface area (Å²) in [6, 6.07) is 0. The van der Waals surface area contributed by atoms with Crippen molar-refractivity contribution in [2.45, 2.75) is 12.0 Å². The maximum atomic E-state index is 10.8. The second kappa shape index (κ2) is 3.16. The van der Waals surface area contributed by atoms with E-state index >= 15 is 0 Å². The highest BCUT2D eigenvalue weighted by Crippen LogP contribution is 2.19. The molecule has 74 valence electrons. The van der Waals surface area contributed by atoms with Crippen molar-refractivity contribution in [2.75, 3.05) is 32.7 Å². The first-order chi connectivity index (χ1) is 6.22. The van der Waals surface area contributed by atoms with Gasteiger partial charge in [0.15, 0.2) is 0 Å². The maximum absolute atomic E-state index is 10.8. The molecule has 0 aromatic rings. The van der Waals surface area contributed by atoms with Gasteiger partial charge in [0.1, 0.15) is 0 Å². The fraction of sp³-hybridized carbons (Fsp3) is 0.875. The van der Waals surface area contributed by atoms with Gasteiger partial charge in [0.2, 0.25) is 0 Å². The van der Waals surface area contributed by atoms with Gasteiger partial charge in [0.05, 0.1) is 0 Å². The summed E-state index contributed by atoms with van der Waals surface area (Å²) < 4.78 is 0. The molecule has 0 aromatic carbocycles. The molecule has 0 aromatic heterocycles. The number of amides is 1. The molecule has 1 atom stereocenters. The van der Waals surface area contributed by atoms with Crippen molar-refractivity contribution in [1.29, 1.82) is 0 Å². The molecular formula is C8H15N3O2. The summed E-state index contributed by atoms with van der Waals surface area (Å²) in [5, 5.41) is 15.5. The Kier molecular flexibility index (Phi) is 2.13. The van der Waals surface area contributed by atoms with Gasteiger partial charge in [-0.3, -0.25) is 0 Å². The largest absolute Gasteiger partial charge is 0.465 e. The van der Waals surface area contributed by atoms with E-state index in [0.717, 1.165) is 26.1 Å². The third kappa shape index (κ3) is 1.62. The van der Waals surface area contributed by atoms with E-state index in [9.17, 15) is 4.79 Å². The molecular weight excluding hydrogens is 170 g/mol. The van der Waals surface area contributed by atoms with Gasteiger partial charge in [-0.25, -0.2) is 4.79 Å². The van der Waals surface area contributed by atoms with Gasteiger partial charge in [-0.2, -0.15) is 0 Å². The predicted molar refractivity (Wildman–Crippen MR) is 47.8 cm³/mol. The Balaban J connectivity index is 2.02. The summed E-state index contributed by atoms with van der Waals surface area (Å²) in [4.78, 5) is 12.3. The Morgan fingerprint density at radius 2 is 2.31 bits per heavy atom. The number of hydrogen-bond acceptors (Lipinski definition) is 3. The first kappa shape index (κ1) is 8.77. The number of piperazine rings is 1. The fourth-order valence-electron chi connectivity index (χ4n) is 2.15. The molecule has 5 nitrogen and oxygen atoms in total. The van der Waals surface area contributed by atoms with Crippen LogP contribution in [-0.2, 0) is 0 Å². The minimum absolute atomic E-state index is 0.0106. The van der Waals surface area contributed by atoms with Crippen molar-refractivity contribution in [3.8, 4) is 0 Å². The minimum Gasteiger partial charge on any atom is -0.465 e. The molecule has 13 heavy (non-hydrogen) atoms. The van der Waals surface area contributed by atoms with E-state index in [1.807, 2.05) is 0 Å². The molecule has 2 fully saturated rings. The van der Waals surface area contributed by atoms with Crippen molar-refractivity contribution in [3.05, 3.63) is 0 Å². The lowest BCUT2D eigenvalue weighted by molar-refractivity contribution is 0.108. The number of nitrogens with zero attached hydrogens (tertiary/aromatic N) is 1. The maximum Gasteiger partial charge on any atom is 0.407 e. The summed E-state index contributed by atoms with van der Waals surface area (Å²) >= 11 is 0. The molecule has 0 radical (unpaired) electrons. The quantitative estimate of drug-likeness (QED) is 0.467. The fourth-order valence-corrected chi connectivity index (χ4v) is 2.15. The van der Waals surface area contributed by atoms with Crippen LogP contribution in [0.2, 0.25) is 0 Å². The summed E-state index contributed by atoms with van der Waals surface area (Å²) in [7, 11) is 0. The smallest absolute Gasteiger partial charge is 0.407 e. The topological polar surface area (TPSA) is 64.6 Å². The van der Waals surface area contributed by atoms with E-state index in [2.05, 4.69) is 10.6 Å². The second-order valence-electron chi connectivity index (χ2n) is 3.84. The van der Waals surface area contributed by atoms with E-state index in [-0.39, 0.29) is 5.54 Å². The Morgan fingerprint density at radius 3 is 2.92 bits per heavy atom. The number of hydrogen-bond donors (Lipinski definition) is 3. The van der Waals surface area contributed by atoms with Crippen LogP contribution in [0, 0.1) is 0 Å². The van der Waals surface area contributed by atoms with E-state index < -0.39 is 6.09 Å². The van der Waals surface area contributed by atoms with Crippen molar-refractivity contribution in [3.63, 3.8) is 0 Å². The summed E-state index contributed by atoms with van der Waals surface area (Å²) in [6.07, 6.45) is 0.226. The Morgan fingerprint density at radius 1 is 1.46 bits per heavy atom. The monoisotopic (exact) mass is 185 g/mol. The van der Waals surface area contributed by atoms with E-state index in [1.54, 1.807) is 0 Å². The summed E-state index contributed by atoms with van der Waals surface area (Å²) in [5.74, 6) is 0. The Bertz CT molecular complexity index is 213. The molecule has 2 aliphatic rings. The lowest BCUT2D eigenvalue weighted by atomic mass is 9.96. The van der Waals surface area contributed by atoms with E-state index in [0.29, 0.717) is 13.1 Å². The Labute approximate surface area is 77.1 Å². The zero-order valence-corrected chi connectivity index (χ0v) is 7.55. The molecule has 5 heteroatoms. The Hall–Kier alpha value is -0.810. The zero-order valence-electron chi connectivity index (χ0n) is 7.55. The predicted octanol–water partition coefficient (Wildman–Crippen LogP) is -0.698. The lowest BCUT2D eigenvalue weighted by Gasteiger charge is -2.39. The molecule has 3 N–H and O–H groups in total. The van der Waals surface area contributed by atoms with Crippen LogP contribution in [0.3, 0.4) is 0 Å². The van der Waals surface area contributed by atoms with E-state index in [4.69, 9.17) is 5.11 Å². The third-order valence-corrected chi connectivity index (χ3v) is 2.89. The first-order valence-electron chi connectivity index (χ1n) is 4.66. The van der Waals surface area contributed by atoms with Gasteiger partial charge < -0.3 is 20.6 Å². The van der Waals surface area contributed by atoms with Crippen LogP contribution in [0.15, 0.2) is 0 Å². The molecule has 2 heterocycles. The molecule has 1 unspecified atom stereocenters. The van der Waals surface area contributed by atoms with Crippen molar-refractivity contribution in [1.82, 2.24) is 15.5 Å². The van der Waals surface area contributed by atoms with Crippen LogP contribution in [-0.4, -0.2) is 54.4 Å². The van der Waals surface area contributed by atoms with Crippen LogP contribution < -0.4 is 10.6 Å². The molecule has 1 spiro atoms. The van der Waals surface area contributed by atoms with E-state index in [1.165, 1.54) is 4.90 Å². The average molecular weight is 185 g/mol. The van der Waals surface area contributed by atoms with Gasteiger partial charge in [-0.1, -0.05) is 0 Å². The molecule has 2 rings (SSSR count). The van der Waals surface area contributed by atoms with Gasteiger partial charge in [-0.15, -0.1) is 0 Å². The van der Waals surface area contributed by atoms with Crippen LogP contribution in [0.25, 0.3) is 0 Å². The molecule has 0 saturated carbocycles. The molecule has 2 saturated heterocycles. The molecule has 0 aliphatic carbocycles. The van der Waals surface area contributed by atoms with Crippen molar-refractivity contribution < 1.29 is 9.90 Å². The van der Waals surface area contributed by atoms with Crippen LogP contribution in [0.1, 0.15) is 6.42 Å². The van der Waals surface area contributed by atoms with Gasteiger partial charge in [-0.05, 0) is 13.0 Å². The number of carbonyl (C=O) groups is 1. The number of rotatable bonds is 0. The molecule has 1 amide bonds. The number of carboxylic acid groups (broad SMARTS) is 1. The van der Waals surface area contributed by atoms with Crippen molar-refractivity contribution >= 4 is 6.09 Å². The highest BCUT2D eigenvalue weighted by molar-refractivity contribution is 5.65. The first-order valence-corrected chi connectivity index (χ1v) is 4.66. The minimum atomic E-state index is -0.798. The van der Waals surface area contributed by atoms with Crippen LogP contribution in [0.4, 0.5) is 4.79 Å². The molecule has 2 aliphatic heterocycles. The van der Waals surface area contributed by atoms with Crippen molar-refractivity contribution in [2.24, 2.45) is 0 Å². The van der Waals surface area contributed by atoms with Gasteiger partial charge >= 0.3 is 6.09 Å². The molecule has 0 bridgehead atoms. The SMILES string of the molecule is O=C(O)N1CCNC2(CCNC2)C1. The number of nitrogens with one attached hydrogen (secondary N) is 2. The average Bonchev–Trinajstić information content (AvgIpc) is 2.53. The van der Waals surface area contributed by atoms with Gasteiger partial charge in [0.25, 0.3) is 0 Å². The highest BCUT2D eigenvalue weighted by Gasteiger charge is 2.38.